The third-order valence-corrected chi connectivity index (χ3v) is 10.4. The number of hydrogen-bond acceptors (Lipinski definition) is 2. The van der Waals surface area contributed by atoms with E-state index in [0.717, 1.165) is 55.8 Å². The molecule has 0 spiro atoms. The van der Waals surface area contributed by atoms with Gasteiger partial charge in [0.1, 0.15) is 0 Å². The van der Waals surface area contributed by atoms with Crippen LogP contribution in [0, 0.1) is 46.3 Å². The standard InChI is InChI=1S/C27H42O3.C2H6/c1-17(6-5-7-18(2)25(29)30)22-10-11-23-21-9-8-19-16-20(28)12-14-26(19,3)24(21)13-15-27(22,23)4;1-2/h16-18,21-24H,5-15H2,1-4H3,(H,29,30);1-2H3. The lowest BCUT2D eigenvalue weighted by molar-refractivity contribution is -0.141. The van der Waals surface area contributed by atoms with Crippen molar-refractivity contribution in [1.29, 1.82) is 0 Å². The number of fused-ring (bicyclic) bond motifs is 5. The van der Waals surface area contributed by atoms with Crippen molar-refractivity contribution in [2.45, 2.75) is 112 Å². The molecule has 0 saturated heterocycles. The molecule has 0 aromatic heterocycles. The first kappa shape index (κ1) is 25.5. The highest BCUT2D eigenvalue weighted by atomic mass is 16.4. The van der Waals surface area contributed by atoms with Crippen molar-refractivity contribution in [2.24, 2.45) is 46.3 Å². The summed E-state index contributed by atoms with van der Waals surface area (Å²) >= 11 is 0. The van der Waals surface area contributed by atoms with Gasteiger partial charge in [-0.2, -0.15) is 0 Å². The van der Waals surface area contributed by atoms with Crippen molar-refractivity contribution in [3.63, 3.8) is 0 Å². The SMILES string of the molecule is CC.CC(CCCC(C)C1CCC2C3CCC4=CC(=O)CCC4(C)C3CCC12C)C(=O)O. The van der Waals surface area contributed by atoms with Crippen LogP contribution in [-0.2, 0) is 9.59 Å². The van der Waals surface area contributed by atoms with E-state index in [9.17, 15) is 9.59 Å². The molecule has 0 radical (unpaired) electrons. The highest BCUT2D eigenvalue weighted by Crippen LogP contribution is 2.67. The molecule has 4 aliphatic carbocycles. The van der Waals surface area contributed by atoms with E-state index in [2.05, 4.69) is 20.8 Å². The summed E-state index contributed by atoms with van der Waals surface area (Å²) in [4.78, 5) is 23.2. The van der Waals surface area contributed by atoms with Gasteiger partial charge in [-0.05, 0) is 97.9 Å². The Kier molecular flexibility index (Phi) is 7.98. The van der Waals surface area contributed by atoms with Crippen molar-refractivity contribution in [1.82, 2.24) is 0 Å². The average Bonchev–Trinajstić information content (AvgIpc) is 3.12. The highest BCUT2D eigenvalue weighted by Gasteiger charge is 2.59. The van der Waals surface area contributed by atoms with Crippen LogP contribution in [0.5, 0.6) is 0 Å². The van der Waals surface area contributed by atoms with E-state index in [0.29, 0.717) is 17.1 Å². The maximum atomic E-state index is 12.0. The number of carbonyl (C=O) groups is 2. The maximum Gasteiger partial charge on any atom is 0.306 e. The van der Waals surface area contributed by atoms with E-state index in [1.54, 1.807) is 0 Å². The molecule has 8 unspecified atom stereocenters. The van der Waals surface area contributed by atoms with Gasteiger partial charge in [-0.15, -0.1) is 0 Å². The number of rotatable bonds is 6. The van der Waals surface area contributed by atoms with Crippen molar-refractivity contribution in [3.8, 4) is 0 Å². The van der Waals surface area contributed by atoms with Gasteiger partial charge in [0.15, 0.2) is 5.78 Å². The van der Waals surface area contributed by atoms with Crippen molar-refractivity contribution < 1.29 is 14.7 Å². The van der Waals surface area contributed by atoms with Gasteiger partial charge in [0.25, 0.3) is 0 Å². The van der Waals surface area contributed by atoms with E-state index >= 15 is 0 Å². The lowest BCUT2D eigenvalue weighted by atomic mass is 9.46. The molecule has 4 rings (SSSR count). The Labute approximate surface area is 196 Å². The van der Waals surface area contributed by atoms with Crippen LogP contribution >= 0.6 is 0 Å². The third-order valence-electron chi connectivity index (χ3n) is 10.4. The van der Waals surface area contributed by atoms with E-state index in [-0.39, 0.29) is 11.3 Å². The Bertz CT molecular complexity index is 724. The fourth-order valence-corrected chi connectivity index (χ4v) is 8.61. The van der Waals surface area contributed by atoms with Gasteiger partial charge in [-0.1, -0.05) is 60.0 Å². The minimum Gasteiger partial charge on any atom is -0.481 e. The summed E-state index contributed by atoms with van der Waals surface area (Å²) in [5, 5.41) is 9.16. The monoisotopic (exact) mass is 444 g/mol. The zero-order valence-electron chi connectivity index (χ0n) is 21.6. The molecule has 0 aromatic carbocycles. The molecule has 3 heteroatoms. The van der Waals surface area contributed by atoms with Gasteiger partial charge in [0.2, 0.25) is 0 Å². The van der Waals surface area contributed by atoms with Crippen LogP contribution in [0.4, 0.5) is 0 Å². The van der Waals surface area contributed by atoms with E-state index in [1.165, 1.54) is 44.1 Å². The van der Waals surface area contributed by atoms with Crippen LogP contribution in [0.25, 0.3) is 0 Å². The second-order valence-corrected chi connectivity index (χ2v) is 11.8. The van der Waals surface area contributed by atoms with Crippen molar-refractivity contribution >= 4 is 11.8 Å². The number of aliphatic carboxylic acids is 1. The van der Waals surface area contributed by atoms with Crippen LogP contribution in [0.15, 0.2) is 11.6 Å². The lowest BCUT2D eigenvalue weighted by Gasteiger charge is -2.58. The molecule has 182 valence electrons. The molecule has 0 aliphatic heterocycles. The molecule has 3 nitrogen and oxygen atoms in total. The quantitative estimate of drug-likeness (QED) is 0.457. The van der Waals surface area contributed by atoms with E-state index in [4.69, 9.17) is 5.11 Å². The molecule has 0 bridgehead atoms. The van der Waals surface area contributed by atoms with Gasteiger partial charge in [-0.25, -0.2) is 0 Å². The summed E-state index contributed by atoms with van der Waals surface area (Å²) in [7, 11) is 0. The van der Waals surface area contributed by atoms with Crippen LogP contribution in [0.2, 0.25) is 0 Å². The lowest BCUT2D eigenvalue weighted by Crippen LogP contribution is -2.50. The second-order valence-electron chi connectivity index (χ2n) is 11.8. The van der Waals surface area contributed by atoms with Gasteiger partial charge < -0.3 is 5.11 Å². The molecule has 32 heavy (non-hydrogen) atoms. The summed E-state index contributed by atoms with van der Waals surface area (Å²) in [6, 6.07) is 0. The van der Waals surface area contributed by atoms with Crippen LogP contribution < -0.4 is 0 Å². The molecule has 3 saturated carbocycles. The van der Waals surface area contributed by atoms with Crippen LogP contribution in [0.3, 0.4) is 0 Å². The summed E-state index contributed by atoms with van der Waals surface area (Å²) in [6.45, 7) is 13.3. The Balaban J connectivity index is 0.00000141. The summed E-state index contributed by atoms with van der Waals surface area (Å²) in [5.74, 6) is 3.43. The fourth-order valence-electron chi connectivity index (χ4n) is 8.61. The molecular weight excluding hydrogens is 396 g/mol. The fraction of sp³-hybridized carbons (Fsp3) is 0.862. The number of hydrogen-bond donors (Lipinski definition) is 1. The van der Waals surface area contributed by atoms with E-state index in [1.807, 2.05) is 26.8 Å². The van der Waals surface area contributed by atoms with Crippen LogP contribution in [-0.4, -0.2) is 16.9 Å². The Hall–Kier alpha value is -1.12. The van der Waals surface area contributed by atoms with Crippen LogP contribution in [0.1, 0.15) is 112 Å². The number of carboxylic acids is 1. The molecule has 3 fully saturated rings. The zero-order valence-corrected chi connectivity index (χ0v) is 21.6. The van der Waals surface area contributed by atoms with Gasteiger partial charge in [0.05, 0.1) is 5.92 Å². The molecular formula is C29H48O3. The normalized spacial score (nSPS) is 40.1. The summed E-state index contributed by atoms with van der Waals surface area (Å²) < 4.78 is 0. The second kappa shape index (κ2) is 10.0. The minimum absolute atomic E-state index is 0.216. The number of carbonyl (C=O) groups excluding carboxylic acids is 1. The molecule has 4 aliphatic rings. The molecule has 0 heterocycles. The number of carboxylic acid groups (broad SMARTS) is 1. The topological polar surface area (TPSA) is 54.4 Å². The van der Waals surface area contributed by atoms with Gasteiger partial charge in [0, 0.05) is 6.42 Å². The smallest absolute Gasteiger partial charge is 0.306 e. The maximum absolute atomic E-state index is 12.0. The predicted molar refractivity (Wildman–Crippen MR) is 131 cm³/mol. The predicted octanol–water partition coefficient (Wildman–Crippen LogP) is 7.69. The molecule has 8 atom stereocenters. The molecule has 0 aromatic rings. The van der Waals surface area contributed by atoms with Crippen molar-refractivity contribution in [3.05, 3.63) is 11.6 Å². The largest absolute Gasteiger partial charge is 0.481 e. The Morgan fingerprint density at radius 1 is 1.03 bits per heavy atom. The third kappa shape index (κ3) is 4.47. The van der Waals surface area contributed by atoms with Crippen molar-refractivity contribution in [2.75, 3.05) is 0 Å². The zero-order chi connectivity index (χ0) is 23.7. The first-order valence-electron chi connectivity index (χ1n) is 13.6. The first-order chi connectivity index (χ1) is 15.2. The summed E-state index contributed by atoms with van der Waals surface area (Å²) in [5.41, 5.74) is 2.20. The molecule has 0 amide bonds. The molecule has 1 N–H and O–H groups in total. The number of ketones is 1. The number of allylic oxidation sites excluding steroid dienone is 1. The highest BCUT2D eigenvalue weighted by molar-refractivity contribution is 5.91. The van der Waals surface area contributed by atoms with Gasteiger partial charge in [-0.3, -0.25) is 9.59 Å². The Morgan fingerprint density at radius 2 is 1.75 bits per heavy atom. The van der Waals surface area contributed by atoms with E-state index < -0.39 is 5.97 Å². The Morgan fingerprint density at radius 3 is 2.44 bits per heavy atom. The minimum atomic E-state index is -0.655. The van der Waals surface area contributed by atoms with Gasteiger partial charge >= 0.3 is 5.97 Å². The average molecular weight is 445 g/mol. The first-order valence-corrected chi connectivity index (χ1v) is 13.6. The summed E-state index contributed by atoms with van der Waals surface area (Å²) in [6.07, 6.45) is 14.7.